The molecule has 1 N–H and O–H groups in total. The quantitative estimate of drug-likeness (QED) is 0.888. The zero-order valence-electron chi connectivity index (χ0n) is 15.6. The lowest BCUT2D eigenvalue weighted by Gasteiger charge is -2.37. The van der Waals surface area contributed by atoms with E-state index in [1.54, 1.807) is 17.1 Å². The molecule has 2 fully saturated rings. The van der Waals surface area contributed by atoms with E-state index in [2.05, 4.69) is 10.1 Å². The molecule has 3 unspecified atom stereocenters. The Morgan fingerprint density at radius 3 is 3.00 bits per heavy atom. The summed E-state index contributed by atoms with van der Waals surface area (Å²) in [6.45, 7) is 3.84. The number of likely N-dealkylation sites (tertiary alicyclic amines) is 1. The van der Waals surface area contributed by atoms with E-state index >= 15 is 0 Å². The number of aliphatic hydroxyl groups is 1. The summed E-state index contributed by atoms with van der Waals surface area (Å²) in [7, 11) is 0. The predicted octanol–water partition coefficient (Wildman–Crippen LogP) is 1.83. The molecular weight excluding hydrogens is 344 g/mol. The van der Waals surface area contributed by atoms with Gasteiger partial charge in [-0.25, -0.2) is 9.67 Å². The Balaban J connectivity index is 1.61. The van der Waals surface area contributed by atoms with Gasteiger partial charge in [-0.2, -0.15) is 5.10 Å². The van der Waals surface area contributed by atoms with Crippen LogP contribution in [0.25, 0.3) is 5.82 Å². The first kappa shape index (κ1) is 18.1. The smallest absolute Gasteiger partial charge is 0.257 e. The van der Waals surface area contributed by atoms with Gasteiger partial charge in [0, 0.05) is 31.3 Å². The van der Waals surface area contributed by atoms with E-state index in [9.17, 15) is 9.90 Å². The van der Waals surface area contributed by atoms with Gasteiger partial charge in [0.2, 0.25) is 0 Å². The van der Waals surface area contributed by atoms with Gasteiger partial charge in [-0.15, -0.1) is 0 Å². The van der Waals surface area contributed by atoms with Crippen molar-refractivity contribution < 1.29 is 14.6 Å². The summed E-state index contributed by atoms with van der Waals surface area (Å²) in [6, 6.07) is 5.67. The van der Waals surface area contributed by atoms with Crippen LogP contribution in [-0.4, -0.2) is 62.6 Å². The zero-order valence-corrected chi connectivity index (χ0v) is 15.6. The average Bonchev–Trinajstić information content (AvgIpc) is 3.35. The lowest BCUT2D eigenvalue weighted by atomic mass is 9.89. The molecule has 0 aromatic carbocycles. The van der Waals surface area contributed by atoms with Crippen LogP contribution in [0.3, 0.4) is 0 Å². The molecule has 0 saturated carbocycles. The monoisotopic (exact) mass is 370 g/mol. The van der Waals surface area contributed by atoms with Gasteiger partial charge < -0.3 is 14.7 Å². The highest BCUT2D eigenvalue weighted by atomic mass is 16.5. The fraction of sp³-hybridized carbons (Fsp3) is 0.550. The van der Waals surface area contributed by atoms with Crippen molar-refractivity contribution in [2.75, 3.05) is 19.8 Å². The van der Waals surface area contributed by atoms with Gasteiger partial charge in [0.15, 0.2) is 5.82 Å². The highest BCUT2D eigenvalue weighted by molar-refractivity contribution is 5.95. The Hall–Kier alpha value is -2.25. The number of pyridine rings is 1. The maximum atomic E-state index is 13.4. The van der Waals surface area contributed by atoms with E-state index in [0.717, 1.165) is 18.5 Å². The van der Waals surface area contributed by atoms with Gasteiger partial charge in [-0.3, -0.25) is 4.79 Å². The number of carbonyl (C=O) groups is 1. The van der Waals surface area contributed by atoms with Crippen molar-refractivity contribution in [3.8, 4) is 5.82 Å². The molecule has 4 heterocycles. The molecule has 2 aromatic heterocycles. The van der Waals surface area contributed by atoms with E-state index in [0.29, 0.717) is 44.0 Å². The largest absolute Gasteiger partial charge is 0.393 e. The maximum Gasteiger partial charge on any atom is 0.257 e. The van der Waals surface area contributed by atoms with Crippen molar-refractivity contribution in [2.45, 2.75) is 44.8 Å². The number of nitrogens with zero attached hydrogens (tertiary/aromatic N) is 4. The molecule has 1 amide bonds. The van der Waals surface area contributed by atoms with Crippen molar-refractivity contribution in [3.63, 3.8) is 0 Å². The van der Waals surface area contributed by atoms with Crippen LogP contribution in [0.5, 0.6) is 0 Å². The van der Waals surface area contributed by atoms with Crippen LogP contribution in [0.15, 0.2) is 30.6 Å². The Kier molecular flexibility index (Phi) is 5.22. The van der Waals surface area contributed by atoms with Gasteiger partial charge in [0.05, 0.1) is 30.2 Å². The number of ether oxygens (including phenoxy) is 1. The van der Waals surface area contributed by atoms with Crippen LogP contribution in [0.1, 0.15) is 42.2 Å². The molecule has 2 aliphatic rings. The highest BCUT2D eigenvalue weighted by Crippen LogP contribution is 2.31. The third-order valence-electron chi connectivity index (χ3n) is 5.72. The molecule has 144 valence electrons. The second-order valence-corrected chi connectivity index (χ2v) is 7.26. The first-order valence-corrected chi connectivity index (χ1v) is 9.75. The van der Waals surface area contributed by atoms with Crippen LogP contribution in [-0.2, 0) is 11.2 Å². The Morgan fingerprint density at radius 2 is 2.26 bits per heavy atom. The minimum atomic E-state index is -0.404. The summed E-state index contributed by atoms with van der Waals surface area (Å²) in [4.78, 5) is 19.6. The number of hydrogen-bond acceptors (Lipinski definition) is 5. The van der Waals surface area contributed by atoms with Gasteiger partial charge in [-0.1, -0.05) is 13.0 Å². The van der Waals surface area contributed by atoms with Crippen molar-refractivity contribution in [3.05, 3.63) is 41.9 Å². The predicted molar refractivity (Wildman–Crippen MR) is 99.7 cm³/mol. The molecule has 4 rings (SSSR count). The standard InChI is InChI=1S/C20H26N4O3/c1-2-16-14(12-22-24(16)19-7-3-4-9-21-19)20(26)23-10-5-6-17(23)15-13-27-11-8-18(15)25/h3-4,7,9,12,15,17-18,25H,2,5-6,8,10-11,13H2,1H3. The van der Waals surface area contributed by atoms with Crippen LogP contribution in [0.2, 0.25) is 0 Å². The van der Waals surface area contributed by atoms with Crippen LogP contribution < -0.4 is 0 Å². The third-order valence-corrected chi connectivity index (χ3v) is 5.72. The summed E-state index contributed by atoms with van der Waals surface area (Å²) >= 11 is 0. The van der Waals surface area contributed by atoms with E-state index in [-0.39, 0.29) is 17.9 Å². The number of hydrogen-bond donors (Lipinski definition) is 1. The van der Waals surface area contributed by atoms with Gasteiger partial charge in [0.25, 0.3) is 5.91 Å². The van der Waals surface area contributed by atoms with Gasteiger partial charge in [0.1, 0.15) is 0 Å². The van der Waals surface area contributed by atoms with E-state index in [1.165, 1.54) is 0 Å². The van der Waals surface area contributed by atoms with Crippen LogP contribution in [0.4, 0.5) is 0 Å². The number of carbonyl (C=O) groups excluding carboxylic acids is 1. The SMILES string of the molecule is CCc1c(C(=O)N2CCCC2C2COCCC2O)cnn1-c1ccccn1. The molecule has 2 saturated heterocycles. The second-order valence-electron chi connectivity index (χ2n) is 7.26. The maximum absolute atomic E-state index is 13.4. The lowest BCUT2D eigenvalue weighted by molar-refractivity contribution is -0.0589. The molecule has 3 atom stereocenters. The first-order valence-electron chi connectivity index (χ1n) is 9.75. The van der Waals surface area contributed by atoms with E-state index in [4.69, 9.17) is 4.74 Å². The number of rotatable bonds is 4. The second kappa shape index (κ2) is 7.78. The molecule has 7 heteroatoms. The number of aromatic nitrogens is 3. The normalized spacial score (nSPS) is 25.7. The van der Waals surface area contributed by atoms with E-state index < -0.39 is 6.10 Å². The number of amides is 1. The molecule has 2 aromatic rings. The van der Waals surface area contributed by atoms with E-state index in [1.807, 2.05) is 30.0 Å². The minimum absolute atomic E-state index is 0.00527. The molecule has 7 nitrogen and oxygen atoms in total. The molecule has 0 spiro atoms. The molecule has 2 aliphatic heterocycles. The molecule has 0 bridgehead atoms. The topological polar surface area (TPSA) is 80.5 Å². The number of aliphatic hydroxyl groups excluding tert-OH is 1. The third kappa shape index (κ3) is 3.37. The summed E-state index contributed by atoms with van der Waals surface area (Å²) in [5, 5.41) is 14.8. The Bertz CT molecular complexity index is 792. The molecular formula is C20H26N4O3. The van der Waals surface area contributed by atoms with Gasteiger partial charge >= 0.3 is 0 Å². The van der Waals surface area contributed by atoms with Gasteiger partial charge in [-0.05, 0) is 37.8 Å². The first-order chi connectivity index (χ1) is 13.2. The lowest BCUT2D eigenvalue weighted by Crippen LogP contribution is -2.48. The summed E-state index contributed by atoms with van der Waals surface area (Å²) in [5.74, 6) is 0.692. The zero-order chi connectivity index (χ0) is 18.8. The van der Waals surface area contributed by atoms with Crippen molar-refractivity contribution in [1.82, 2.24) is 19.7 Å². The molecule has 0 radical (unpaired) electrons. The van der Waals surface area contributed by atoms with Crippen LogP contribution >= 0.6 is 0 Å². The fourth-order valence-corrected chi connectivity index (χ4v) is 4.33. The summed E-state index contributed by atoms with van der Waals surface area (Å²) < 4.78 is 7.33. The summed E-state index contributed by atoms with van der Waals surface area (Å²) in [5.41, 5.74) is 1.49. The van der Waals surface area contributed by atoms with Crippen molar-refractivity contribution in [2.24, 2.45) is 5.92 Å². The van der Waals surface area contributed by atoms with Crippen LogP contribution in [0, 0.1) is 5.92 Å². The summed E-state index contributed by atoms with van der Waals surface area (Å²) in [6.07, 6.45) is 6.16. The Morgan fingerprint density at radius 1 is 1.37 bits per heavy atom. The average molecular weight is 370 g/mol. The molecule has 27 heavy (non-hydrogen) atoms. The van der Waals surface area contributed by atoms with Crippen molar-refractivity contribution >= 4 is 5.91 Å². The Labute approximate surface area is 159 Å². The molecule has 0 aliphatic carbocycles. The fourth-order valence-electron chi connectivity index (χ4n) is 4.33. The van der Waals surface area contributed by atoms with Crippen molar-refractivity contribution in [1.29, 1.82) is 0 Å². The highest BCUT2D eigenvalue weighted by Gasteiger charge is 2.40. The minimum Gasteiger partial charge on any atom is -0.393 e.